The zero-order chi connectivity index (χ0) is 20.3. The van der Waals surface area contributed by atoms with Crippen molar-refractivity contribution in [3.63, 3.8) is 0 Å². The Morgan fingerprint density at radius 2 is 1.64 bits per heavy atom. The van der Waals surface area contributed by atoms with E-state index in [1.165, 1.54) is 11.0 Å². The van der Waals surface area contributed by atoms with Crippen molar-refractivity contribution in [2.75, 3.05) is 4.90 Å². The molecule has 6 heteroatoms. The van der Waals surface area contributed by atoms with E-state index in [2.05, 4.69) is 4.98 Å². The molecule has 1 aromatic heterocycles. The van der Waals surface area contributed by atoms with E-state index >= 15 is 0 Å². The monoisotopic (exact) mass is 374 g/mol. The van der Waals surface area contributed by atoms with Crippen LogP contribution in [0.15, 0.2) is 67.0 Å². The van der Waals surface area contributed by atoms with Gasteiger partial charge in [0, 0.05) is 29.7 Å². The van der Waals surface area contributed by atoms with Crippen molar-refractivity contribution in [2.24, 2.45) is 0 Å². The molecule has 0 saturated heterocycles. The SMILES string of the molecule is CC(C)c1cc(C(=N)N(C(=N)c2cccnc2)c2ccccc2)c(O)cc1O. The predicted octanol–water partition coefficient (Wildman–Crippen LogP) is 4.47. The second-order valence-electron chi connectivity index (χ2n) is 6.69. The molecular weight excluding hydrogens is 352 g/mol. The van der Waals surface area contributed by atoms with Crippen LogP contribution < -0.4 is 4.90 Å². The maximum atomic E-state index is 10.4. The van der Waals surface area contributed by atoms with Gasteiger partial charge in [-0.15, -0.1) is 0 Å². The van der Waals surface area contributed by atoms with Crippen molar-refractivity contribution in [3.8, 4) is 11.5 Å². The number of nitrogens with zero attached hydrogens (tertiary/aromatic N) is 2. The molecule has 0 radical (unpaired) electrons. The van der Waals surface area contributed by atoms with Gasteiger partial charge >= 0.3 is 0 Å². The highest BCUT2D eigenvalue weighted by atomic mass is 16.3. The molecule has 3 rings (SSSR count). The number of phenolic OH excluding ortho intramolecular Hbond substituents is 2. The van der Waals surface area contributed by atoms with Gasteiger partial charge in [-0.1, -0.05) is 32.0 Å². The van der Waals surface area contributed by atoms with Crippen molar-refractivity contribution in [2.45, 2.75) is 19.8 Å². The molecule has 0 bridgehead atoms. The third kappa shape index (κ3) is 3.71. The summed E-state index contributed by atoms with van der Waals surface area (Å²) in [6.07, 6.45) is 3.18. The maximum Gasteiger partial charge on any atom is 0.142 e. The van der Waals surface area contributed by atoms with E-state index in [9.17, 15) is 10.2 Å². The summed E-state index contributed by atoms with van der Waals surface area (Å²) < 4.78 is 0. The van der Waals surface area contributed by atoms with Crippen LogP contribution in [0.4, 0.5) is 5.69 Å². The molecule has 0 aliphatic carbocycles. The number of pyridine rings is 1. The summed E-state index contributed by atoms with van der Waals surface area (Å²) in [5.41, 5.74) is 2.01. The zero-order valence-electron chi connectivity index (χ0n) is 15.7. The van der Waals surface area contributed by atoms with Gasteiger partial charge < -0.3 is 10.2 Å². The Kier molecular flexibility index (Phi) is 5.40. The van der Waals surface area contributed by atoms with Crippen molar-refractivity contribution in [3.05, 3.63) is 83.7 Å². The quantitative estimate of drug-likeness (QED) is 0.399. The van der Waals surface area contributed by atoms with Crippen LogP contribution in [0.5, 0.6) is 11.5 Å². The number of amidine groups is 2. The normalized spacial score (nSPS) is 10.7. The molecule has 2 aromatic carbocycles. The summed E-state index contributed by atoms with van der Waals surface area (Å²) in [4.78, 5) is 5.50. The van der Waals surface area contributed by atoms with E-state index in [1.807, 2.05) is 32.0 Å². The zero-order valence-corrected chi connectivity index (χ0v) is 15.7. The molecule has 142 valence electrons. The third-order valence-electron chi connectivity index (χ3n) is 4.42. The highest BCUT2D eigenvalue weighted by Crippen LogP contribution is 2.33. The average Bonchev–Trinajstić information content (AvgIpc) is 2.69. The number of aromatic nitrogens is 1. The molecule has 28 heavy (non-hydrogen) atoms. The van der Waals surface area contributed by atoms with Crippen LogP contribution in [-0.2, 0) is 0 Å². The maximum absolute atomic E-state index is 10.4. The molecule has 0 aliphatic rings. The highest BCUT2D eigenvalue weighted by Gasteiger charge is 2.24. The van der Waals surface area contributed by atoms with E-state index in [1.54, 1.807) is 42.7 Å². The van der Waals surface area contributed by atoms with Crippen molar-refractivity contribution >= 4 is 17.4 Å². The third-order valence-corrected chi connectivity index (χ3v) is 4.42. The first kappa shape index (κ1) is 19.1. The Morgan fingerprint density at radius 1 is 0.929 bits per heavy atom. The summed E-state index contributed by atoms with van der Waals surface area (Å²) >= 11 is 0. The summed E-state index contributed by atoms with van der Waals surface area (Å²) in [6, 6.07) is 15.4. The molecule has 0 aliphatic heterocycles. The number of aromatic hydroxyl groups is 2. The molecule has 6 nitrogen and oxygen atoms in total. The van der Waals surface area contributed by atoms with Crippen LogP contribution in [0, 0.1) is 10.8 Å². The van der Waals surface area contributed by atoms with Gasteiger partial charge in [-0.2, -0.15) is 0 Å². The lowest BCUT2D eigenvalue weighted by Gasteiger charge is -2.27. The van der Waals surface area contributed by atoms with Crippen LogP contribution >= 0.6 is 0 Å². The van der Waals surface area contributed by atoms with E-state index in [-0.39, 0.29) is 34.7 Å². The fraction of sp³-hybridized carbons (Fsp3) is 0.136. The Labute approximate surface area is 163 Å². The van der Waals surface area contributed by atoms with Crippen LogP contribution in [0.3, 0.4) is 0 Å². The Morgan fingerprint density at radius 3 is 2.25 bits per heavy atom. The Bertz CT molecular complexity index is 1000. The predicted molar refractivity (Wildman–Crippen MR) is 111 cm³/mol. The van der Waals surface area contributed by atoms with Crippen LogP contribution in [0.25, 0.3) is 0 Å². The van der Waals surface area contributed by atoms with Gasteiger partial charge in [0.25, 0.3) is 0 Å². The molecule has 4 N–H and O–H groups in total. The molecule has 3 aromatic rings. The minimum absolute atomic E-state index is 0.00935. The molecule has 0 saturated carbocycles. The first-order valence-electron chi connectivity index (χ1n) is 8.89. The van der Waals surface area contributed by atoms with Gasteiger partial charge in [0.05, 0.1) is 5.56 Å². The van der Waals surface area contributed by atoms with Crippen LogP contribution in [0.1, 0.15) is 36.5 Å². The van der Waals surface area contributed by atoms with Gasteiger partial charge in [0.1, 0.15) is 23.2 Å². The van der Waals surface area contributed by atoms with Gasteiger partial charge in [0.15, 0.2) is 0 Å². The van der Waals surface area contributed by atoms with E-state index in [4.69, 9.17) is 10.8 Å². The smallest absolute Gasteiger partial charge is 0.142 e. The first-order valence-corrected chi connectivity index (χ1v) is 8.89. The fourth-order valence-electron chi connectivity index (χ4n) is 2.95. The summed E-state index contributed by atoms with van der Waals surface area (Å²) in [6.45, 7) is 3.85. The lowest BCUT2D eigenvalue weighted by Crippen LogP contribution is -2.37. The Hall–Kier alpha value is -3.67. The lowest BCUT2D eigenvalue weighted by atomic mass is 9.98. The number of hydrogen-bond donors (Lipinski definition) is 4. The van der Waals surface area contributed by atoms with Gasteiger partial charge in [-0.05, 0) is 41.8 Å². The molecular formula is C22H22N4O2. The molecule has 0 amide bonds. The number of hydrogen-bond acceptors (Lipinski definition) is 5. The van der Waals surface area contributed by atoms with Gasteiger partial charge in [-0.25, -0.2) is 0 Å². The second kappa shape index (κ2) is 7.92. The van der Waals surface area contributed by atoms with Crippen molar-refractivity contribution in [1.29, 1.82) is 10.8 Å². The van der Waals surface area contributed by atoms with E-state index < -0.39 is 0 Å². The standard InChI is InChI=1S/C22H22N4O2/c1-14(2)17-11-18(20(28)12-19(17)27)22(24)26(16-8-4-3-5-9-16)21(23)15-7-6-10-25-13-15/h3-14,23-24,27-28H,1-2H3. The summed E-state index contributed by atoms with van der Waals surface area (Å²) in [5, 5.41) is 38.0. The summed E-state index contributed by atoms with van der Waals surface area (Å²) in [7, 11) is 0. The lowest BCUT2D eigenvalue weighted by molar-refractivity contribution is 0.443. The first-order chi connectivity index (χ1) is 13.4. The minimum Gasteiger partial charge on any atom is -0.508 e. The number of rotatable bonds is 4. The van der Waals surface area contributed by atoms with Crippen LogP contribution in [0.2, 0.25) is 0 Å². The molecule has 0 spiro atoms. The highest BCUT2D eigenvalue weighted by molar-refractivity contribution is 6.28. The molecule has 1 heterocycles. The van der Waals surface area contributed by atoms with Crippen molar-refractivity contribution in [1.82, 2.24) is 4.98 Å². The van der Waals surface area contributed by atoms with Gasteiger partial charge in [-0.3, -0.25) is 20.7 Å². The molecule has 0 unspecified atom stereocenters. The summed E-state index contributed by atoms with van der Waals surface area (Å²) in [5.74, 6) is -0.234. The second-order valence-corrected chi connectivity index (χ2v) is 6.69. The average molecular weight is 374 g/mol. The molecule has 0 atom stereocenters. The largest absolute Gasteiger partial charge is 0.508 e. The minimum atomic E-state index is -0.216. The number of para-hydroxylation sites is 1. The Balaban J connectivity index is 2.13. The number of phenols is 2. The number of benzene rings is 2. The fourth-order valence-corrected chi connectivity index (χ4v) is 2.95. The topological polar surface area (TPSA) is 104 Å². The number of anilines is 1. The van der Waals surface area contributed by atoms with Crippen molar-refractivity contribution < 1.29 is 10.2 Å². The van der Waals surface area contributed by atoms with Gasteiger partial charge in [0.2, 0.25) is 0 Å². The van der Waals surface area contributed by atoms with E-state index in [0.29, 0.717) is 16.8 Å². The van der Waals surface area contributed by atoms with Crippen LogP contribution in [-0.4, -0.2) is 26.9 Å². The molecule has 0 fully saturated rings. The van der Waals surface area contributed by atoms with E-state index in [0.717, 1.165) is 0 Å². The number of nitrogens with one attached hydrogen (secondary N) is 2.